The van der Waals surface area contributed by atoms with Crippen LogP contribution in [0.2, 0.25) is 0 Å². The maximum atomic E-state index is 14.7. The molecule has 0 bridgehead atoms. The lowest BCUT2D eigenvalue weighted by molar-refractivity contribution is 0.0956. The number of ether oxygens (including phenoxy) is 1. The molecule has 4 aromatic carbocycles. The zero-order valence-electron chi connectivity index (χ0n) is 25.3. The highest BCUT2D eigenvalue weighted by molar-refractivity contribution is 7.85. The molecule has 46 heavy (non-hydrogen) atoms. The molecule has 11 heteroatoms. The monoisotopic (exact) mass is 646 g/mol. The molecule has 0 fully saturated rings. The van der Waals surface area contributed by atoms with E-state index in [9.17, 15) is 22.0 Å². The zero-order valence-corrected chi connectivity index (χ0v) is 26.1. The Kier molecular flexibility index (Phi) is 9.36. The molecular weight excluding hydrogens is 614 g/mol. The van der Waals surface area contributed by atoms with Crippen LogP contribution in [0.1, 0.15) is 54.1 Å². The number of benzene rings is 4. The van der Waals surface area contributed by atoms with Gasteiger partial charge in [0, 0.05) is 23.7 Å². The summed E-state index contributed by atoms with van der Waals surface area (Å²) < 4.78 is 71.0. The first-order valence-electron chi connectivity index (χ1n) is 14.4. The second kappa shape index (κ2) is 13.2. The number of amides is 1. The van der Waals surface area contributed by atoms with Crippen LogP contribution in [0.15, 0.2) is 102 Å². The third-order valence-electron chi connectivity index (χ3n) is 7.25. The molecule has 2 N–H and O–H groups in total. The summed E-state index contributed by atoms with van der Waals surface area (Å²) >= 11 is 0. The summed E-state index contributed by atoms with van der Waals surface area (Å²) in [6.07, 6.45) is -0.744. The molecule has 0 radical (unpaired) electrons. The molecule has 1 aromatic heterocycles. The maximum Gasteiger partial charge on any atom is 0.266 e. The summed E-state index contributed by atoms with van der Waals surface area (Å²) in [5, 5.41) is 6.71. The van der Waals surface area contributed by atoms with E-state index in [0.29, 0.717) is 33.9 Å². The van der Waals surface area contributed by atoms with Gasteiger partial charge in [-0.3, -0.25) is 9.35 Å². The number of hydrogen-bond donors (Lipinski definition) is 2. The largest absolute Gasteiger partial charge is 0.479 e. The second-order valence-corrected chi connectivity index (χ2v) is 13.4. The van der Waals surface area contributed by atoms with Gasteiger partial charge in [-0.25, -0.2) is 8.78 Å². The predicted molar refractivity (Wildman–Crippen MR) is 170 cm³/mol. The van der Waals surface area contributed by atoms with E-state index >= 15 is 0 Å². The van der Waals surface area contributed by atoms with E-state index in [0.717, 1.165) is 11.1 Å². The van der Waals surface area contributed by atoms with Crippen LogP contribution in [-0.4, -0.2) is 36.3 Å². The lowest BCUT2D eigenvalue weighted by atomic mass is 9.86. The summed E-state index contributed by atoms with van der Waals surface area (Å²) in [4.78, 5) is 12.4. The molecule has 1 unspecified atom stereocenters. The Morgan fingerprint density at radius 2 is 1.52 bits per heavy atom. The van der Waals surface area contributed by atoms with Crippen LogP contribution >= 0.6 is 0 Å². The van der Waals surface area contributed by atoms with Crippen LogP contribution in [0.3, 0.4) is 0 Å². The van der Waals surface area contributed by atoms with Crippen molar-refractivity contribution >= 4 is 16.0 Å². The summed E-state index contributed by atoms with van der Waals surface area (Å²) in [5.74, 6) is -1.29. The van der Waals surface area contributed by atoms with Crippen molar-refractivity contribution in [3.8, 4) is 28.2 Å². The molecule has 0 saturated heterocycles. The molecule has 0 aliphatic carbocycles. The number of halogens is 2. The van der Waals surface area contributed by atoms with Crippen LogP contribution in [0.4, 0.5) is 8.78 Å². The van der Waals surface area contributed by atoms with Crippen LogP contribution < -0.4 is 10.1 Å². The number of nitrogens with zero attached hydrogens (tertiary/aromatic N) is 1. The summed E-state index contributed by atoms with van der Waals surface area (Å²) in [6, 6.07) is 26.0. The van der Waals surface area contributed by atoms with Crippen molar-refractivity contribution in [3.63, 3.8) is 0 Å². The highest BCUT2D eigenvalue weighted by Gasteiger charge is 2.24. The first-order chi connectivity index (χ1) is 21.7. The van der Waals surface area contributed by atoms with Crippen LogP contribution in [0.25, 0.3) is 22.5 Å². The van der Waals surface area contributed by atoms with E-state index < -0.39 is 39.5 Å². The Hall–Kier alpha value is -4.87. The molecule has 1 atom stereocenters. The Labute approximate surface area is 265 Å². The molecule has 0 saturated carbocycles. The van der Waals surface area contributed by atoms with Crippen molar-refractivity contribution < 1.29 is 35.8 Å². The van der Waals surface area contributed by atoms with E-state index in [2.05, 4.69) is 31.2 Å². The van der Waals surface area contributed by atoms with Gasteiger partial charge in [-0.2, -0.15) is 8.42 Å². The summed E-state index contributed by atoms with van der Waals surface area (Å²) in [6.45, 7) is 6.09. The normalized spacial score (nSPS) is 12.5. The Morgan fingerprint density at radius 1 is 0.870 bits per heavy atom. The number of aromatic nitrogens is 1. The zero-order chi connectivity index (χ0) is 33.1. The van der Waals surface area contributed by atoms with Crippen molar-refractivity contribution in [2.45, 2.75) is 32.3 Å². The van der Waals surface area contributed by atoms with Gasteiger partial charge < -0.3 is 14.6 Å². The molecular formula is C35H32F2N2O6S. The van der Waals surface area contributed by atoms with E-state index in [1.54, 1.807) is 36.4 Å². The van der Waals surface area contributed by atoms with Crippen molar-refractivity contribution in [2.75, 3.05) is 12.3 Å². The van der Waals surface area contributed by atoms with Gasteiger partial charge in [-0.1, -0.05) is 62.3 Å². The van der Waals surface area contributed by atoms with E-state index in [4.69, 9.17) is 13.8 Å². The summed E-state index contributed by atoms with van der Waals surface area (Å²) in [7, 11) is -4.20. The molecule has 238 valence electrons. The van der Waals surface area contributed by atoms with Crippen molar-refractivity contribution in [3.05, 3.63) is 131 Å². The number of rotatable bonds is 10. The Morgan fingerprint density at radius 3 is 2.15 bits per heavy atom. The molecule has 1 amide bonds. The fraction of sp³-hybridized carbons (Fsp3) is 0.200. The van der Waals surface area contributed by atoms with Gasteiger partial charge in [-0.15, -0.1) is 0 Å². The number of carbonyl (C=O) groups is 1. The highest BCUT2D eigenvalue weighted by atomic mass is 32.2. The molecule has 5 aromatic rings. The van der Waals surface area contributed by atoms with Gasteiger partial charge in [0.2, 0.25) is 0 Å². The molecule has 0 aliphatic rings. The van der Waals surface area contributed by atoms with E-state index in [1.807, 2.05) is 24.3 Å². The second-order valence-electron chi connectivity index (χ2n) is 11.8. The molecule has 0 aliphatic heterocycles. The number of hydrogen-bond acceptors (Lipinski definition) is 6. The summed E-state index contributed by atoms with van der Waals surface area (Å²) in [5.41, 5.74) is 4.11. The fourth-order valence-corrected chi connectivity index (χ4v) is 5.12. The SMILES string of the molecule is CC(C)(C)c1ccc(C(Oc2ccc(C(=O)NCCS(=O)(=O)O)cc2)c2cc(-c3cc(F)cc(-c4ccc(F)cc4)c3)on2)cc1. The Balaban J connectivity index is 1.43. The minimum absolute atomic E-state index is 0.0761. The lowest BCUT2D eigenvalue weighted by Crippen LogP contribution is -2.28. The van der Waals surface area contributed by atoms with Crippen LogP contribution in [-0.2, 0) is 15.5 Å². The average Bonchev–Trinajstić information content (AvgIpc) is 3.49. The van der Waals surface area contributed by atoms with Crippen LogP contribution in [0, 0.1) is 11.6 Å². The smallest absolute Gasteiger partial charge is 0.266 e. The van der Waals surface area contributed by atoms with Gasteiger partial charge in [0.25, 0.3) is 16.0 Å². The first-order valence-corrected chi connectivity index (χ1v) is 16.0. The topological polar surface area (TPSA) is 119 Å². The third-order valence-corrected chi connectivity index (χ3v) is 7.97. The van der Waals surface area contributed by atoms with Crippen molar-refractivity contribution in [1.29, 1.82) is 0 Å². The minimum atomic E-state index is -4.20. The first kappa shape index (κ1) is 32.5. The molecule has 5 rings (SSSR count). The van der Waals surface area contributed by atoms with E-state index in [1.165, 1.54) is 36.4 Å². The Bertz CT molecular complexity index is 1930. The third kappa shape index (κ3) is 8.23. The van der Waals surface area contributed by atoms with Crippen molar-refractivity contribution in [2.24, 2.45) is 0 Å². The van der Waals surface area contributed by atoms with Gasteiger partial charge in [0.15, 0.2) is 11.9 Å². The average molecular weight is 647 g/mol. The van der Waals surface area contributed by atoms with Gasteiger partial charge in [0.05, 0.1) is 5.75 Å². The number of carbonyl (C=O) groups excluding carboxylic acids is 1. The fourth-order valence-electron chi connectivity index (χ4n) is 4.76. The standard InChI is InChI=1S/C35H32F2N2O6S/c1-35(2,3)27-10-4-23(5-11-27)33(44-30-14-8-24(9-15-30)34(40)38-16-17-46(41,42)43)31-21-32(45-39-31)26-18-25(19-29(37)20-26)22-6-12-28(36)13-7-22/h4-15,18-21,33H,16-17H2,1-3H3,(H,38,40)(H,41,42,43). The van der Waals surface area contributed by atoms with E-state index in [-0.39, 0.29) is 17.5 Å². The quantitative estimate of drug-likeness (QED) is 0.152. The van der Waals surface area contributed by atoms with Gasteiger partial charge >= 0.3 is 0 Å². The lowest BCUT2D eigenvalue weighted by Gasteiger charge is -2.21. The minimum Gasteiger partial charge on any atom is -0.479 e. The predicted octanol–water partition coefficient (Wildman–Crippen LogP) is 7.37. The highest BCUT2D eigenvalue weighted by Crippen LogP contribution is 2.34. The van der Waals surface area contributed by atoms with Crippen molar-refractivity contribution in [1.82, 2.24) is 10.5 Å². The molecule has 1 heterocycles. The van der Waals surface area contributed by atoms with Gasteiger partial charge in [0.1, 0.15) is 23.1 Å². The molecule has 8 nitrogen and oxygen atoms in total. The number of nitrogens with one attached hydrogen (secondary N) is 1. The van der Waals surface area contributed by atoms with Crippen LogP contribution in [0.5, 0.6) is 5.75 Å². The van der Waals surface area contributed by atoms with Gasteiger partial charge in [-0.05, 0) is 82.3 Å². The maximum absolute atomic E-state index is 14.7. The molecule has 0 spiro atoms.